The van der Waals surface area contributed by atoms with Crippen molar-refractivity contribution >= 4 is 5.91 Å². The predicted octanol–water partition coefficient (Wildman–Crippen LogP) is 0.00460. The van der Waals surface area contributed by atoms with E-state index < -0.39 is 6.10 Å². The molecular weight excluding hydrogens is 170 g/mol. The van der Waals surface area contributed by atoms with Gasteiger partial charge in [0.05, 0.1) is 12.6 Å². The molecule has 0 saturated carbocycles. The van der Waals surface area contributed by atoms with Crippen molar-refractivity contribution in [1.29, 1.82) is 0 Å². The highest BCUT2D eigenvalue weighted by Crippen LogP contribution is 2.12. The molecule has 2 atom stereocenters. The summed E-state index contributed by atoms with van der Waals surface area (Å²) in [4.78, 5) is 12.9. The second-order valence-corrected chi connectivity index (χ2v) is 3.50. The number of nitrogens with zero attached hydrogens (tertiary/aromatic N) is 1. The van der Waals surface area contributed by atoms with E-state index in [1.807, 2.05) is 0 Å². The lowest BCUT2D eigenvalue weighted by Crippen LogP contribution is -2.45. The monoisotopic (exact) mass is 187 g/mol. The van der Waals surface area contributed by atoms with Gasteiger partial charge in [-0.3, -0.25) is 4.79 Å². The van der Waals surface area contributed by atoms with Crippen LogP contribution >= 0.6 is 0 Å². The molecule has 1 fully saturated rings. The summed E-state index contributed by atoms with van der Waals surface area (Å²) in [5.74, 6) is -0.226. The molecule has 0 aromatic rings. The average Bonchev–Trinajstić information content (AvgIpc) is 2.17. The van der Waals surface area contributed by atoms with E-state index in [1.54, 1.807) is 11.9 Å². The van der Waals surface area contributed by atoms with Crippen molar-refractivity contribution in [2.24, 2.45) is 0 Å². The Bertz CT molecular complexity index is 176. The smallest absolute Gasteiger partial charge is 0.251 e. The van der Waals surface area contributed by atoms with Gasteiger partial charge in [0.25, 0.3) is 5.91 Å². The van der Waals surface area contributed by atoms with E-state index in [2.05, 4.69) is 0 Å². The maximum Gasteiger partial charge on any atom is 0.251 e. The standard InChI is InChI=1S/C9H17NO3/c1-7(11)9(12)10(2)8-4-3-5-13-6-8/h7-8,11H,3-6H2,1-2H3. The van der Waals surface area contributed by atoms with Gasteiger partial charge in [0, 0.05) is 13.7 Å². The Kier molecular flexibility index (Phi) is 3.69. The number of hydrogen-bond acceptors (Lipinski definition) is 3. The normalized spacial score (nSPS) is 25.3. The number of aliphatic hydroxyl groups excluding tert-OH is 1. The van der Waals surface area contributed by atoms with Crippen LogP contribution in [0.25, 0.3) is 0 Å². The van der Waals surface area contributed by atoms with E-state index in [0.29, 0.717) is 6.61 Å². The first-order valence-electron chi connectivity index (χ1n) is 4.65. The van der Waals surface area contributed by atoms with Crippen molar-refractivity contribution < 1.29 is 14.6 Å². The van der Waals surface area contributed by atoms with Crippen LogP contribution in [0.1, 0.15) is 19.8 Å². The minimum atomic E-state index is -0.910. The van der Waals surface area contributed by atoms with Crippen LogP contribution < -0.4 is 0 Å². The van der Waals surface area contributed by atoms with Crippen LogP contribution in [-0.2, 0) is 9.53 Å². The number of amides is 1. The summed E-state index contributed by atoms with van der Waals surface area (Å²) in [6.45, 7) is 2.87. The minimum absolute atomic E-state index is 0.135. The Labute approximate surface area is 78.5 Å². The molecule has 1 rings (SSSR count). The second kappa shape index (κ2) is 4.58. The zero-order valence-corrected chi connectivity index (χ0v) is 8.19. The Balaban J connectivity index is 2.45. The van der Waals surface area contributed by atoms with E-state index in [0.717, 1.165) is 19.4 Å². The molecule has 76 valence electrons. The molecule has 0 aliphatic carbocycles. The molecule has 2 unspecified atom stereocenters. The number of carbonyl (C=O) groups is 1. The zero-order chi connectivity index (χ0) is 9.84. The third kappa shape index (κ3) is 2.67. The van der Waals surface area contributed by atoms with E-state index in [-0.39, 0.29) is 11.9 Å². The molecule has 13 heavy (non-hydrogen) atoms. The lowest BCUT2D eigenvalue weighted by molar-refractivity contribution is -0.142. The van der Waals surface area contributed by atoms with Gasteiger partial charge >= 0.3 is 0 Å². The summed E-state index contributed by atoms with van der Waals surface area (Å²) in [7, 11) is 1.72. The molecule has 0 aromatic carbocycles. The summed E-state index contributed by atoms with van der Waals surface area (Å²) in [6, 6.07) is 0.135. The third-order valence-electron chi connectivity index (χ3n) is 2.39. The molecule has 0 radical (unpaired) electrons. The van der Waals surface area contributed by atoms with Gasteiger partial charge in [-0.05, 0) is 19.8 Å². The van der Waals surface area contributed by atoms with Gasteiger partial charge in [-0.15, -0.1) is 0 Å². The fourth-order valence-corrected chi connectivity index (χ4v) is 1.50. The Morgan fingerprint density at radius 3 is 2.85 bits per heavy atom. The van der Waals surface area contributed by atoms with Gasteiger partial charge in [0.1, 0.15) is 6.10 Å². The molecule has 0 spiro atoms. The van der Waals surface area contributed by atoms with E-state index in [4.69, 9.17) is 9.84 Å². The third-order valence-corrected chi connectivity index (χ3v) is 2.39. The second-order valence-electron chi connectivity index (χ2n) is 3.50. The number of carbonyl (C=O) groups excluding carboxylic acids is 1. The fraction of sp³-hybridized carbons (Fsp3) is 0.889. The van der Waals surface area contributed by atoms with Crippen molar-refractivity contribution in [3.8, 4) is 0 Å². The van der Waals surface area contributed by atoms with Crippen LogP contribution in [-0.4, -0.2) is 48.3 Å². The molecule has 0 aromatic heterocycles. The van der Waals surface area contributed by atoms with Crippen molar-refractivity contribution in [3.05, 3.63) is 0 Å². The number of likely N-dealkylation sites (N-methyl/N-ethyl adjacent to an activating group) is 1. The molecular formula is C9H17NO3. The highest BCUT2D eigenvalue weighted by molar-refractivity contribution is 5.80. The molecule has 1 aliphatic heterocycles. The lowest BCUT2D eigenvalue weighted by atomic mass is 10.1. The molecule has 0 bridgehead atoms. The predicted molar refractivity (Wildman–Crippen MR) is 48.3 cm³/mol. The summed E-state index contributed by atoms with van der Waals surface area (Å²) in [5, 5.41) is 9.09. The minimum Gasteiger partial charge on any atom is -0.384 e. The lowest BCUT2D eigenvalue weighted by Gasteiger charge is -2.31. The number of aliphatic hydroxyl groups is 1. The number of hydrogen-bond donors (Lipinski definition) is 1. The number of ether oxygens (including phenoxy) is 1. The van der Waals surface area contributed by atoms with Gasteiger partial charge in [-0.25, -0.2) is 0 Å². The van der Waals surface area contributed by atoms with E-state index >= 15 is 0 Å². The topological polar surface area (TPSA) is 49.8 Å². The van der Waals surface area contributed by atoms with Crippen molar-refractivity contribution in [2.75, 3.05) is 20.3 Å². The highest BCUT2D eigenvalue weighted by atomic mass is 16.5. The Morgan fingerprint density at radius 2 is 2.38 bits per heavy atom. The number of rotatable bonds is 2. The van der Waals surface area contributed by atoms with Crippen LogP contribution in [0.4, 0.5) is 0 Å². The SMILES string of the molecule is CC(O)C(=O)N(C)C1CCCOC1. The molecule has 1 amide bonds. The largest absolute Gasteiger partial charge is 0.384 e. The van der Waals surface area contributed by atoms with Gasteiger partial charge in [0.2, 0.25) is 0 Å². The molecule has 4 heteroatoms. The highest BCUT2D eigenvalue weighted by Gasteiger charge is 2.24. The Hall–Kier alpha value is -0.610. The van der Waals surface area contributed by atoms with E-state index in [9.17, 15) is 4.79 Å². The molecule has 1 saturated heterocycles. The maximum atomic E-state index is 11.4. The quantitative estimate of drug-likeness (QED) is 0.662. The van der Waals surface area contributed by atoms with Crippen LogP contribution in [0.2, 0.25) is 0 Å². The summed E-state index contributed by atoms with van der Waals surface area (Å²) >= 11 is 0. The van der Waals surface area contributed by atoms with Crippen LogP contribution in [0.15, 0.2) is 0 Å². The summed E-state index contributed by atoms with van der Waals surface area (Å²) in [5.41, 5.74) is 0. The molecule has 1 heterocycles. The van der Waals surface area contributed by atoms with Crippen LogP contribution in [0, 0.1) is 0 Å². The van der Waals surface area contributed by atoms with Gasteiger partial charge < -0.3 is 14.7 Å². The van der Waals surface area contributed by atoms with Crippen molar-refractivity contribution in [1.82, 2.24) is 4.90 Å². The van der Waals surface area contributed by atoms with Gasteiger partial charge in [-0.2, -0.15) is 0 Å². The molecule has 4 nitrogen and oxygen atoms in total. The first-order valence-corrected chi connectivity index (χ1v) is 4.65. The summed E-state index contributed by atoms with van der Waals surface area (Å²) < 4.78 is 5.26. The first-order chi connectivity index (χ1) is 6.13. The summed E-state index contributed by atoms with van der Waals surface area (Å²) in [6.07, 6.45) is 1.05. The first kappa shape index (κ1) is 10.5. The van der Waals surface area contributed by atoms with Crippen LogP contribution in [0.3, 0.4) is 0 Å². The van der Waals surface area contributed by atoms with Gasteiger partial charge in [0.15, 0.2) is 0 Å². The molecule has 1 aliphatic rings. The Morgan fingerprint density at radius 1 is 1.69 bits per heavy atom. The zero-order valence-electron chi connectivity index (χ0n) is 8.19. The van der Waals surface area contributed by atoms with E-state index in [1.165, 1.54) is 6.92 Å². The maximum absolute atomic E-state index is 11.4. The van der Waals surface area contributed by atoms with Crippen molar-refractivity contribution in [3.63, 3.8) is 0 Å². The van der Waals surface area contributed by atoms with Gasteiger partial charge in [-0.1, -0.05) is 0 Å². The van der Waals surface area contributed by atoms with Crippen molar-refractivity contribution in [2.45, 2.75) is 31.9 Å². The van der Waals surface area contributed by atoms with Crippen LogP contribution in [0.5, 0.6) is 0 Å². The average molecular weight is 187 g/mol. The molecule has 1 N–H and O–H groups in total. The fourth-order valence-electron chi connectivity index (χ4n) is 1.50.